The Morgan fingerprint density at radius 3 is 2.24 bits per heavy atom. The lowest BCUT2D eigenvalue weighted by Crippen LogP contribution is -2.55. The van der Waals surface area contributed by atoms with Crippen LogP contribution in [-0.4, -0.2) is 62.6 Å². The number of hydrogen-bond donors (Lipinski definition) is 0. The van der Waals surface area contributed by atoms with Gasteiger partial charge in [0.15, 0.2) is 18.5 Å². The van der Waals surface area contributed by atoms with Gasteiger partial charge < -0.3 is 28.4 Å². The third kappa shape index (κ3) is 6.81. The van der Waals surface area contributed by atoms with Gasteiger partial charge in [0.05, 0.1) is 6.61 Å². The van der Waals surface area contributed by atoms with E-state index in [2.05, 4.69) is 0 Å². The molecule has 5 unspecified atom stereocenters. The Morgan fingerprint density at radius 2 is 1.69 bits per heavy atom. The van der Waals surface area contributed by atoms with Crippen molar-refractivity contribution < 1.29 is 42.8 Å². The van der Waals surface area contributed by atoms with E-state index in [-0.39, 0.29) is 13.2 Å². The van der Waals surface area contributed by atoms with E-state index in [1.165, 1.54) is 27.9 Å². The van der Waals surface area contributed by atoms with E-state index in [0.29, 0.717) is 0 Å². The van der Waals surface area contributed by atoms with Crippen LogP contribution in [0.3, 0.4) is 0 Å². The predicted molar refractivity (Wildman–Crippen MR) is 98.5 cm³/mol. The lowest BCUT2D eigenvalue weighted by Gasteiger charge is -2.41. The van der Waals surface area contributed by atoms with Crippen molar-refractivity contribution in [2.45, 2.75) is 51.5 Å². The zero-order chi connectivity index (χ0) is 21.4. The SMILES string of the molecule is COC1COC(c2ccccc2)OC1C(OC(C)=O)C(COC(C)=O)OC(C)=O. The van der Waals surface area contributed by atoms with Gasteiger partial charge in [0.25, 0.3) is 0 Å². The number of methoxy groups -OCH3 is 1. The maximum absolute atomic E-state index is 11.8. The van der Waals surface area contributed by atoms with Gasteiger partial charge in [0, 0.05) is 33.4 Å². The molecular weight excluding hydrogens is 384 g/mol. The molecule has 9 heteroatoms. The number of esters is 3. The maximum atomic E-state index is 11.8. The fourth-order valence-electron chi connectivity index (χ4n) is 2.98. The first kappa shape index (κ1) is 22.8. The van der Waals surface area contributed by atoms with Crippen LogP contribution >= 0.6 is 0 Å². The first-order valence-corrected chi connectivity index (χ1v) is 9.14. The molecule has 29 heavy (non-hydrogen) atoms. The Kier molecular flexibility index (Phi) is 8.56. The smallest absolute Gasteiger partial charge is 0.303 e. The molecular formula is C20H26O9. The summed E-state index contributed by atoms with van der Waals surface area (Å²) in [5.41, 5.74) is 0.762. The second-order valence-corrected chi connectivity index (χ2v) is 6.48. The summed E-state index contributed by atoms with van der Waals surface area (Å²) < 4.78 is 32.9. The quantitative estimate of drug-likeness (QED) is 0.466. The van der Waals surface area contributed by atoms with Crippen molar-refractivity contribution in [1.29, 1.82) is 0 Å². The highest BCUT2D eigenvalue weighted by Crippen LogP contribution is 2.31. The molecule has 9 nitrogen and oxygen atoms in total. The zero-order valence-electron chi connectivity index (χ0n) is 16.9. The summed E-state index contributed by atoms with van der Waals surface area (Å²) in [4.78, 5) is 34.6. The van der Waals surface area contributed by atoms with Crippen LogP contribution in [0.2, 0.25) is 0 Å². The minimum Gasteiger partial charge on any atom is -0.462 e. The average molecular weight is 410 g/mol. The number of carbonyl (C=O) groups is 3. The van der Waals surface area contributed by atoms with Crippen molar-refractivity contribution in [3.05, 3.63) is 35.9 Å². The van der Waals surface area contributed by atoms with Crippen molar-refractivity contribution in [2.75, 3.05) is 20.3 Å². The Labute approximate surface area is 169 Å². The monoisotopic (exact) mass is 410 g/mol. The molecule has 0 spiro atoms. The molecule has 5 atom stereocenters. The third-order valence-electron chi connectivity index (χ3n) is 4.19. The van der Waals surface area contributed by atoms with Gasteiger partial charge in [-0.3, -0.25) is 14.4 Å². The van der Waals surface area contributed by atoms with Crippen LogP contribution in [0.25, 0.3) is 0 Å². The van der Waals surface area contributed by atoms with E-state index in [9.17, 15) is 14.4 Å². The highest BCUT2D eigenvalue weighted by atomic mass is 16.7. The van der Waals surface area contributed by atoms with E-state index < -0.39 is 48.6 Å². The molecule has 1 saturated heterocycles. The van der Waals surface area contributed by atoms with Crippen LogP contribution < -0.4 is 0 Å². The fraction of sp³-hybridized carbons (Fsp3) is 0.550. The summed E-state index contributed by atoms with van der Waals surface area (Å²) in [6.45, 7) is 3.50. The van der Waals surface area contributed by atoms with Crippen LogP contribution in [0.15, 0.2) is 30.3 Å². The molecule has 1 aromatic carbocycles. The Morgan fingerprint density at radius 1 is 1.03 bits per heavy atom. The van der Waals surface area contributed by atoms with E-state index in [1.54, 1.807) is 0 Å². The molecule has 160 valence electrons. The van der Waals surface area contributed by atoms with Gasteiger partial charge in [-0.15, -0.1) is 0 Å². The number of hydrogen-bond acceptors (Lipinski definition) is 9. The number of ether oxygens (including phenoxy) is 6. The second-order valence-electron chi connectivity index (χ2n) is 6.48. The standard InChI is InChI=1S/C20H26O9/c1-12(21)25-11-17(27-13(2)22)19(28-14(3)23)18-16(24-4)10-26-20(29-18)15-8-6-5-7-9-15/h5-9,16-20H,10-11H2,1-4H3. The fourth-order valence-corrected chi connectivity index (χ4v) is 2.98. The summed E-state index contributed by atoms with van der Waals surface area (Å²) in [5.74, 6) is -1.81. The number of rotatable bonds is 8. The molecule has 0 amide bonds. The van der Waals surface area contributed by atoms with Crippen molar-refractivity contribution in [3.8, 4) is 0 Å². The summed E-state index contributed by atoms with van der Waals surface area (Å²) >= 11 is 0. The van der Waals surface area contributed by atoms with Gasteiger partial charge in [-0.1, -0.05) is 30.3 Å². The van der Waals surface area contributed by atoms with Gasteiger partial charge >= 0.3 is 17.9 Å². The lowest BCUT2D eigenvalue weighted by atomic mass is 10.0. The highest BCUT2D eigenvalue weighted by molar-refractivity contribution is 5.68. The first-order valence-electron chi connectivity index (χ1n) is 9.14. The Balaban J connectivity index is 2.32. The molecule has 0 N–H and O–H groups in total. The Bertz CT molecular complexity index is 690. The number of carbonyl (C=O) groups excluding carboxylic acids is 3. The van der Waals surface area contributed by atoms with Crippen LogP contribution in [0.5, 0.6) is 0 Å². The molecule has 0 saturated carbocycles. The van der Waals surface area contributed by atoms with Crippen LogP contribution in [-0.2, 0) is 42.8 Å². The normalized spacial score (nSPS) is 23.5. The van der Waals surface area contributed by atoms with Gasteiger partial charge in [0.1, 0.15) is 18.8 Å². The summed E-state index contributed by atoms with van der Waals surface area (Å²) in [7, 11) is 1.46. The molecule has 1 heterocycles. The van der Waals surface area contributed by atoms with Gasteiger partial charge in [-0.05, 0) is 0 Å². The van der Waals surface area contributed by atoms with E-state index in [1.807, 2.05) is 30.3 Å². The van der Waals surface area contributed by atoms with Crippen molar-refractivity contribution in [2.24, 2.45) is 0 Å². The molecule has 0 aromatic heterocycles. The molecule has 0 radical (unpaired) electrons. The van der Waals surface area contributed by atoms with E-state index in [0.717, 1.165) is 5.56 Å². The van der Waals surface area contributed by atoms with Crippen LogP contribution in [0.4, 0.5) is 0 Å². The molecule has 0 aliphatic carbocycles. The molecule has 2 rings (SSSR count). The van der Waals surface area contributed by atoms with Crippen LogP contribution in [0, 0.1) is 0 Å². The Hall–Kier alpha value is -2.49. The third-order valence-corrected chi connectivity index (χ3v) is 4.19. The lowest BCUT2D eigenvalue weighted by molar-refractivity contribution is -0.291. The molecule has 1 aliphatic rings. The van der Waals surface area contributed by atoms with Crippen molar-refractivity contribution in [1.82, 2.24) is 0 Å². The van der Waals surface area contributed by atoms with Crippen LogP contribution in [0.1, 0.15) is 32.6 Å². The summed E-state index contributed by atoms with van der Waals surface area (Å²) in [6.07, 6.45) is -4.37. The zero-order valence-corrected chi connectivity index (χ0v) is 16.9. The number of benzene rings is 1. The molecule has 1 fully saturated rings. The summed E-state index contributed by atoms with van der Waals surface area (Å²) in [6, 6.07) is 9.20. The van der Waals surface area contributed by atoms with E-state index >= 15 is 0 Å². The van der Waals surface area contributed by atoms with E-state index in [4.69, 9.17) is 28.4 Å². The molecule has 0 bridgehead atoms. The molecule has 1 aliphatic heterocycles. The van der Waals surface area contributed by atoms with Gasteiger partial charge in [0.2, 0.25) is 0 Å². The van der Waals surface area contributed by atoms with Gasteiger partial charge in [-0.2, -0.15) is 0 Å². The maximum Gasteiger partial charge on any atom is 0.303 e. The average Bonchev–Trinajstić information content (AvgIpc) is 2.69. The second kappa shape index (κ2) is 10.9. The van der Waals surface area contributed by atoms with Crippen molar-refractivity contribution in [3.63, 3.8) is 0 Å². The molecule has 1 aromatic rings. The first-order chi connectivity index (χ1) is 13.8. The minimum absolute atomic E-state index is 0.152. The van der Waals surface area contributed by atoms with Crippen molar-refractivity contribution >= 4 is 17.9 Å². The summed E-state index contributed by atoms with van der Waals surface area (Å²) in [5, 5.41) is 0. The van der Waals surface area contributed by atoms with Gasteiger partial charge in [-0.25, -0.2) is 0 Å². The topological polar surface area (TPSA) is 107 Å². The largest absolute Gasteiger partial charge is 0.462 e. The predicted octanol–water partition coefficient (Wildman–Crippen LogP) is 1.54. The minimum atomic E-state index is -1.09. The highest BCUT2D eigenvalue weighted by Gasteiger charge is 2.45.